The maximum atomic E-state index is 6.21. The highest BCUT2D eigenvalue weighted by atomic mass is 32.1. The first-order chi connectivity index (χ1) is 29.2. The van der Waals surface area contributed by atoms with Crippen LogP contribution in [-0.4, -0.2) is 9.13 Å². The van der Waals surface area contributed by atoms with Crippen molar-refractivity contribution in [2.24, 2.45) is 0 Å². The molecule has 0 unspecified atom stereocenters. The van der Waals surface area contributed by atoms with E-state index >= 15 is 0 Å². The molecule has 5 heteroatoms. The molecule has 0 N–H and O–H groups in total. The maximum absolute atomic E-state index is 6.21. The van der Waals surface area contributed by atoms with E-state index in [1.807, 2.05) is 23.5 Å². The van der Waals surface area contributed by atoms with Crippen LogP contribution in [0.25, 0.3) is 97.1 Å². The van der Waals surface area contributed by atoms with Crippen molar-refractivity contribution >= 4 is 114 Å². The Morgan fingerprint density at radius 3 is 1.53 bits per heavy atom. The Morgan fingerprint density at radius 1 is 0.322 bits per heavy atom. The number of nitrogens with zero attached hydrogens (tertiary/aromatic N) is 3. The van der Waals surface area contributed by atoms with Gasteiger partial charge in [-0.15, -0.1) is 11.3 Å². The number of hydrogen-bond acceptors (Lipinski definition) is 3. The van der Waals surface area contributed by atoms with Gasteiger partial charge in [0.1, 0.15) is 11.2 Å². The van der Waals surface area contributed by atoms with Crippen LogP contribution in [0.5, 0.6) is 0 Å². The van der Waals surface area contributed by atoms with Crippen molar-refractivity contribution in [3.05, 3.63) is 200 Å². The molecule has 0 spiro atoms. The van der Waals surface area contributed by atoms with Crippen molar-refractivity contribution in [3.63, 3.8) is 0 Å². The highest BCUT2D eigenvalue weighted by molar-refractivity contribution is 7.25. The molecule has 0 aliphatic heterocycles. The molecule has 0 aliphatic rings. The molecule has 0 aliphatic carbocycles. The maximum Gasteiger partial charge on any atom is 0.135 e. The molecule has 13 aromatic rings. The van der Waals surface area contributed by atoms with E-state index in [-0.39, 0.29) is 0 Å². The van der Waals surface area contributed by atoms with Gasteiger partial charge >= 0.3 is 0 Å². The molecular weight excluding hydrogens is 739 g/mol. The van der Waals surface area contributed by atoms with E-state index in [9.17, 15) is 0 Å². The minimum absolute atomic E-state index is 0.897. The highest BCUT2D eigenvalue weighted by Crippen LogP contribution is 2.43. The summed E-state index contributed by atoms with van der Waals surface area (Å²) in [4.78, 5) is 2.39. The van der Waals surface area contributed by atoms with E-state index in [0.29, 0.717) is 0 Å². The fourth-order valence-corrected chi connectivity index (χ4v) is 10.6. The molecule has 4 aromatic heterocycles. The summed E-state index contributed by atoms with van der Waals surface area (Å²) in [6.45, 7) is 0. The van der Waals surface area contributed by atoms with Crippen LogP contribution in [0.2, 0.25) is 0 Å². The third-order valence-electron chi connectivity index (χ3n) is 12.1. The Morgan fingerprint density at radius 2 is 0.831 bits per heavy atom. The first kappa shape index (κ1) is 32.5. The lowest BCUT2D eigenvalue weighted by molar-refractivity contribution is 0.669. The normalized spacial score (nSPS) is 12.1. The molecule has 13 rings (SSSR count). The van der Waals surface area contributed by atoms with Crippen LogP contribution in [0.1, 0.15) is 0 Å². The molecule has 276 valence electrons. The van der Waals surface area contributed by atoms with Gasteiger partial charge in [-0.25, -0.2) is 0 Å². The lowest BCUT2D eigenvalue weighted by atomic mass is 10.1. The van der Waals surface area contributed by atoms with Crippen LogP contribution in [-0.2, 0) is 0 Å². The van der Waals surface area contributed by atoms with Gasteiger partial charge in [0.25, 0.3) is 0 Å². The van der Waals surface area contributed by atoms with E-state index in [2.05, 4.69) is 202 Å². The Labute approximate surface area is 342 Å². The van der Waals surface area contributed by atoms with E-state index in [4.69, 9.17) is 4.42 Å². The van der Waals surface area contributed by atoms with Gasteiger partial charge in [-0.2, -0.15) is 0 Å². The lowest BCUT2D eigenvalue weighted by Gasteiger charge is -2.26. The topological polar surface area (TPSA) is 26.2 Å². The molecule has 4 heterocycles. The summed E-state index contributed by atoms with van der Waals surface area (Å²) >= 11 is 1.86. The summed E-state index contributed by atoms with van der Waals surface area (Å²) in [5.74, 6) is 0. The SMILES string of the molecule is c1ccc(N(c2ccc3c(c2)c2ccccc2n3-c2ccc3oc4ccccc4c3c2)c2ccc3c(c2)c2ccccc2n3-c2ccc3sc4ccccc4c3c2)cc1. The first-order valence-electron chi connectivity index (χ1n) is 20.0. The van der Waals surface area contributed by atoms with E-state index < -0.39 is 0 Å². The van der Waals surface area contributed by atoms with Crippen LogP contribution in [0.4, 0.5) is 17.1 Å². The number of thiophene rings is 1. The number of aromatic nitrogens is 2. The van der Waals surface area contributed by atoms with Crippen molar-refractivity contribution < 1.29 is 4.42 Å². The summed E-state index contributed by atoms with van der Waals surface area (Å²) in [5.41, 5.74) is 12.1. The van der Waals surface area contributed by atoms with Gasteiger partial charge < -0.3 is 18.5 Å². The molecule has 59 heavy (non-hydrogen) atoms. The number of hydrogen-bond donors (Lipinski definition) is 0. The molecule has 0 fully saturated rings. The summed E-state index contributed by atoms with van der Waals surface area (Å²) < 4.78 is 13.7. The number of fused-ring (bicyclic) bond motifs is 12. The molecule has 0 bridgehead atoms. The van der Waals surface area contributed by atoms with Crippen molar-refractivity contribution in [1.82, 2.24) is 9.13 Å². The second-order valence-corrected chi connectivity index (χ2v) is 16.4. The minimum Gasteiger partial charge on any atom is -0.456 e. The summed E-state index contributed by atoms with van der Waals surface area (Å²) in [6.07, 6.45) is 0. The van der Waals surface area contributed by atoms with Crippen LogP contribution in [0.15, 0.2) is 205 Å². The summed E-state index contributed by atoms with van der Waals surface area (Å²) in [7, 11) is 0. The predicted octanol–water partition coefficient (Wildman–Crippen LogP) is 15.6. The van der Waals surface area contributed by atoms with Crippen molar-refractivity contribution in [2.75, 3.05) is 4.90 Å². The van der Waals surface area contributed by atoms with Crippen LogP contribution in [0.3, 0.4) is 0 Å². The number of para-hydroxylation sites is 4. The van der Waals surface area contributed by atoms with Crippen molar-refractivity contribution in [2.45, 2.75) is 0 Å². The molecule has 0 radical (unpaired) electrons. The zero-order valence-corrected chi connectivity index (χ0v) is 32.5. The Balaban J connectivity index is 0.999. The third-order valence-corrected chi connectivity index (χ3v) is 13.2. The average Bonchev–Trinajstić information content (AvgIpc) is 4.04. The average molecular weight is 772 g/mol. The molecule has 4 nitrogen and oxygen atoms in total. The highest BCUT2D eigenvalue weighted by Gasteiger charge is 2.21. The monoisotopic (exact) mass is 771 g/mol. The smallest absolute Gasteiger partial charge is 0.135 e. The van der Waals surface area contributed by atoms with Crippen molar-refractivity contribution in [1.29, 1.82) is 0 Å². The van der Waals surface area contributed by atoms with Gasteiger partial charge in [-0.3, -0.25) is 0 Å². The lowest BCUT2D eigenvalue weighted by Crippen LogP contribution is -2.09. The Hall–Kier alpha value is -7.60. The van der Waals surface area contributed by atoms with E-state index in [1.54, 1.807) is 0 Å². The predicted molar refractivity (Wildman–Crippen MR) is 250 cm³/mol. The zero-order valence-electron chi connectivity index (χ0n) is 31.7. The van der Waals surface area contributed by atoms with Gasteiger partial charge in [0.05, 0.1) is 22.1 Å². The van der Waals surface area contributed by atoms with Gasteiger partial charge in [-0.1, -0.05) is 91.0 Å². The second-order valence-electron chi connectivity index (χ2n) is 15.3. The van der Waals surface area contributed by atoms with Gasteiger partial charge in [0, 0.05) is 80.9 Å². The van der Waals surface area contributed by atoms with Crippen LogP contribution >= 0.6 is 11.3 Å². The molecular formula is C54H33N3OS. The van der Waals surface area contributed by atoms with Gasteiger partial charge in [0.15, 0.2) is 0 Å². The third kappa shape index (κ3) is 4.83. The van der Waals surface area contributed by atoms with Gasteiger partial charge in [-0.05, 0) is 109 Å². The minimum atomic E-state index is 0.897. The number of rotatable bonds is 5. The quantitative estimate of drug-likeness (QED) is 0.174. The summed E-state index contributed by atoms with van der Waals surface area (Å²) in [6, 6.07) is 72.6. The van der Waals surface area contributed by atoms with Crippen LogP contribution in [0, 0.1) is 0 Å². The molecule has 0 saturated carbocycles. The van der Waals surface area contributed by atoms with E-state index in [1.165, 1.54) is 64.0 Å². The Kier molecular flexibility index (Phi) is 6.85. The number of furan rings is 1. The fourth-order valence-electron chi connectivity index (χ4n) is 9.49. The zero-order chi connectivity index (χ0) is 38.6. The summed E-state index contributed by atoms with van der Waals surface area (Å²) in [5, 5.41) is 9.71. The molecule has 0 saturated heterocycles. The number of anilines is 3. The molecule has 0 amide bonds. The largest absolute Gasteiger partial charge is 0.456 e. The standard InChI is InChI=1S/C54H33N3OS/c1-2-12-34(13-3-1)55(35-22-26-49-43(30-35)39-14-4-8-18-47(39)56(49)37-24-28-52-45(32-37)41-16-6-10-20-51(41)58-52)36-23-27-50-44(31-36)40-15-5-9-19-48(40)57(50)38-25-29-54-46(33-38)42-17-7-11-21-53(42)59-54/h1-33H. The fraction of sp³-hybridized carbons (Fsp3) is 0. The first-order valence-corrected chi connectivity index (χ1v) is 20.8. The second kappa shape index (κ2) is 12.4. The van der Waals surface area contributed by atoms with E-state index in [0.717, 1.165) is 50.2 Å². The van der Waals surface area contributed by atoms with Crippen molar-refractivity contribution in [3.8, 4) is 11.4 Å². The van der Waals surface area contributed by atoms with Gasteiger partial charge in [0.2, 0.25) is 0 Å². The van der Waals surface area contributed by atoms with Crippen LogP contribution < -0.4 is 4.90 Å². The Bertz CT molecular complexity index is 3580. The molecule has 9 aromatic carbocycles. The number of benzene rings is 9. The molecule has 0 atom stereocenters.